The molecule has 3 aromatic rings. The van der Waals surface area contributed by atoms with E-state index in [0.717, 1.165) is 21.9 Å². The van der Waals surface area contributed by atoms with Crippen LogP contribution in [0, 0.1) is 0 Å². The first kappa shape index (κ1) is 9.36. The van der Waals surface area contributed by atoms with Gasteiger partial charge in [0.25, 0.3) is 0 Å². The van der Waals surface area contributed by atoms with E-state index >= 15 is 0 Å². The fourth-order valence-corrected chi connectivity index (χ4v) is 1.72. The maximum Gasteiger partial charge on any atom is 0.153 e. The van der Waals surface area contributed by atoms with Crippen molar-refractivity contribution in [1.29, 1.82) is 0 Å². The summed E-state index contributed by atoms with van der Waals surface area (Å²) in [6.07, 6.45) is 3.56. The Morgan fingerprint density at radius 3 is 2.62 bits per heavy atom. The van der Waals surface area contributed by atoms with E-state index in [0.29, 0.717) is 0 Å². The van der Waals surface area contributed by atoms with Gasteiger partial charge in [0.05, 0.1) is 5.69 Å². The van der Waals surface area contributed by atoms with Gasteiger partial charge in [0.15, 0.2) is 5.65 Å². The molecule has 0 unspecified atom stereocenters. The zero-order valence-electron chi connectivity index (χ0n) is 8.34. The number of imidazole rings is 1. The zero-order valence-corrected chi connectivity index (χ0v) is 9.09. The summed E-state index contributed by atoms with van der Waals surface area (Å²) in [6, 6.07) is 11.5. The summed E-state index contributed by atoms with van der Waals surface area (Å²) in [5.41, 5.74) is 2.79. The van der Waals surface area contributed by atoms with Crippen LogP contribution in [0.15, 0.2) is 48.8 Å². The second-order valence-electron chi connectivity index (χ2n) is 3.46. The van der Waals surface area contributed by atoms with Crippen molar-refractivity contribution in [3.8, 4) is 11.3 Å². The van der Waals surface area contributed by atoms with Gasteiger partial charge in [-0.2, -0.15) is 5.10 Å². The summed E-state index contributed by atoms with van der Waals surface area (Å²) >= 11 is 5.84. The molecule has 0 amide bonds. The molecule has 0 saturated carbocycles. The molecule has 0 bridgehead atoms. The Kier molecular flexibility index (Phi) is 2.11. The summed E-state index contributed by atoms with van der Waals surface area (Å²) < 4.78 is 1.75. The molecule has 0 spiro atoms. The number of rotatable bonds is 1. The van der Waals surface area contributed by atoms with E-state index in [2.05, 4.69) is 10.1 Å². The van der Waals surface area contributed by atoms with Crippen molar-refractivity contribution < 1.29 is 0 Å². The van der Waals surface area contributed by atoms with E-state index in [1.54, 1.807) is 10.7 Å². The smallest absolute Gasteiger partial charge is 0.153 e. The molecular formula is C12H8ClN3. The standard InChI is InChI=1S/C12H8ClN3/c13-10-3-1-9(2-4-10)11-5-6-12-14-7-8-16(12)15-11/h1-8H. The number of benzene rings is 1. The van der Waals surface area contributed by atoms with Crippen LogP contribution in [0.4, 0.5) is 0 Å². The van der Waals surface area contributed by atoms with Gasteiger partial charge in [0.2, 0.25) is 0 Å². The topological polar surface area (TPSA) is 30.2 Å². The van der Waals surface area contributed by atoms with Crippen LogP contribution >= 0.6 is 11.6 Å². The molecule has 4 heteroatoms. The minimum Gasteiger partial charge on any atom is -0.236 e. The number of aromatic nitrogens is 3. The van der Waals surface area contributed by atoms with Gasteiger partial charge in [0.1, 0.15) is 0 Å². The van der Waals surface area contributed by atoms with E-state index in [1.165, 1.54) is 0 Å². The molecule has 2 heterocycles. The fraction of sp³-hybridized carbons (Fsp3) is 0. The Balaban J connectivity index is 2.14. The molecule has 0 aliphatic heterocycles. The Labute approximate surface area is 97.3 Å². The van der Waals surface area contributed by atoms with Gasteiger partial charge in [-0.15, -0.1) is 0 Å². The van der Waals surface area contributed by atoms with Crippen LogP contribution in [-0.4, -0.2) is 14.6 Å². The summed E-state index contributed by atoms with van der Waals surface area (Å²) in [4.78, 5) is 4.15. The number of fused-ring (bicyclic) bond motifs is 1. The van der Waals surface area contributed by atoms with E-state index in [9.17, 15) is 0 Å². The summed E-state index contributed by atoms with van der Waals surface area (Å²) in [5, 5.41) is 5.18. The van der Waals surface area contributed by atoms with Crippen molar-refractivity contribution in [2.45, 2.75) is 0 Å². The normalized spacial score (nSPS) is 10.8. The minimum absolute atomic E-state index is 0.729. The van der Waals surface area contributed by atoms with E-state index in [-0.39, 0.29) is 0 Å². The third-order valence-corrected chi connectivity index (χ3v) is 2.65. The Morgan fingerprint density at radius 2 is 1.81 bits per heavy atom. The molecule has 16 heavy (non-hydrogen) atoms. The van der Waals surface area contributed by atoms with Gasteiger partial charge in [-0.05, 0) is 24.3 Å². The highest BCUT2D eigenvalue weighted by Crippen LogP contribution is 2.19. The first-order chi connectivity index (χ1) is 7.83. The van der Waals surface area contributed by atoms with Crippen LogP contribution in [-0.2, 0) is 0 Å². The molecule has 3 nitrogen and oxygen atoms in total. The highest BCUT2D eigenvalue weighted by molar-refractivity contribution is 6.30. The lowest BCUT2D eigenvalue weighted by Crippen LogP contribution is -1.92. The monoisotopic (exact) mass is 229 g/mol. The summed E-state index contributed by atoms with van der Waals surface area (Å²) in [6.45, 7) is 0. The maximum absolute atomic E-state index is 5.84. The van der Waals surface area contributed by atoms with E-state index < -0.39 is 0 Å². The molecule has 0 fully saturated rings. The molecule has 0 N–H and O–H groups in total. The lowest BCUT2D eigenvalue weighted by atomic mass is 10.1. The molecule has 1 aromatic carbocycles. The number of hydrogen-bond acceptors (Lipinski definition) is 2. The number of halogens is 1. The Hall–Kier alpha value is -1.87. The van der Waals surface area contributed by atoms with Crippen LogP contribution in [0.25, 0.3) is 16.9 Å². The average Bonchev–Trinajstić information content (AvgIpc) is 2.77. The van der Waals surface area contributed by atoms with Crippen molar-refractivity contribution in [2.24, 2.45) is 0 Å². The van der Waals surface area contributed by atoms with Gasteiger partial charge in [-0.25, -0.2) is 9.50 Å². The third kappa shape index (κ3) is 1.55. The predicted molar refractivity (Wildman–Crippen MR) is 63.4 cm³/mol. The SMILES string of the molecule is Clc1ccc(-c2ccc3nccn3n2)cc1. The van der Waals surface area contributed by atoms with Crippen molar-refractivity contribution in [1.82, 2.24) is 14.6 Å². The fourth-order valence-electron chi connectivity index (χ4n) is 1.59. The molecule has 0 radical (unpaired) electrons. The molecule has 2 aromatic heterocycles. The van der Waals surface area contributed by atoms with E-state index in [4.69, 9.17) is 11.6 Å². The Bertz CT molecular complexity index is 628. The minimum atomic E-state index is 0.729. The van der Waals surface area contributed by atoms with Gasteiger partial charge in [0, 0.05) is 23.0 Å². The lowest BCUT2D eigenvalue weighted by Gasteiger charge is -2.01. The van der Waals surface area contributed by atoms with Crippen LogP contribution < -0.4 is 0 Å². The second-order valence-corrected chi connectivity index (χ2v) is 3.89. The van der Waals surface area contributed by atoms with Gasteiger partial charge in [-0.1, -0.05) is 23.7 Å². The highest BCUT2D eigenvalue weighted by Gasteiger charge is 2.01. The van der Waals surface area contributed by atoms with Gasteiger partial charge < -0.3 is 0 Å². The van der Waals surface area contributed by atoms with Crippen molar-refractivity contribution in [3.63, 3.8) is 0 Å². The van der Waals surface area contributed by atoms with Crippen LogP contribution in [0.5, 0.6) is 0 Å². The largest absolute Gasteiger partial charge is 0.236 e. The van der Waals surface area contributed by atoms with Crippen molar-refractivity contribution in [3.05, 3.63) is 53.8 Å². The molecule has 3 rings (SSSR count). The number of hydrogen-bond donors (Lipinski definition) is 0. The van der Waals surface area contributed by atoms with Crippen LogP contribution in [0.2, 0.25) is 5.02 Å². The summed E-state index contributed by atoms with van der Waals surface area (Å²) in [7, 11) is 0. The Morgan fingerprint density at radius 1 is 1.00 bits per heavy atom. The molecule has 0 atom stereocenters. The van der Waals surface area contributed by atoms with E-state index in [1.807, 2.05) is 42.6 Å². The molecule has 0 aliphatic rings. The van der Waals surface area contributed by atoms with Gasteiger partial charge in [-0.3, -0.25) is 0 Å². The lowest BCUT2D eigenvalue weighted by molar-refractivity contribution is 0.942. The quantitative estimate of drug-likeness (QED) is 0.642. The van der Waals surface area contributed by atoms with Crippen LogP contribution in [0.3, 0.4) is 0 Å². The number of nitrogens with zero attached hydrogens (tertiary/aromatic N) is 3. The summed E-state index contributed by atoms with van der Waals surface area (Å²) in [5.74, 6) is 0. The van der Waals surface area contributed by atoms with Gasteiger partial charge >= 0.3 is 0 Å². The van der Waals surface area contributed by atoms with Crippen molar-refractivity contribution >= 4 is 17.2 Å². The predicted octanol–water partition coefficient (Wildman–Crippen LogP) is 3.05. The first-order valence-corrected chi connectivity index (χ1v) is 5.27. The molecular weight excluding hydrogens is 222 g/mol. The molecule has 0 saturated heterocycles. The highest BCUT2D eigenvalue weighted by atomic mass is 35.5. The molecule has 0 aliphatic carbocycles. The maximum atomic E-state index is 5.84. The van der Waals surface area contributed by atoms with Crippen molar-refractivity contribution in [2.75, 3.05) is 0 Å². The molecule has 78 valence electrons. The average molecular weight is 230 g/mol. The van der Waals surface area contributed by atoms with Crippen LogP contribution in [0.1, 0.15) is 0 Å². The third-order valence-electron chi connectivity index (χ3n) is 2.40. The zero-order chi connectivity index (χ0) is 11.0. The first-order valence-electron chi connectivity index (χ1n) is 4.89. The second kappa shape index (κ2) is 3.61.